The van der Waals surface area contributed by atoms with Gasteiger partial charge in [-0.15, -0.1) is 0 Å². The van der Waals surface area contributed by atoms with Crippen LogP contribution in [-0.2, 0) is 16.1 Å². The summed E-state index contributed by atoms with van der Waals surface area (Å²) in [5, 5.41) is 4.33. The molecule has 1 saturated heterocycles. The first kappa shape index (κ1) is 22.3. The maximum absolute atomic E-state index is 13.5. The molecule has 1 amide bonds. The molecule has 2 aromatic rings. The van der Waals surface area contributed by atoms with Gasteiger partial charge in [-0.3, -0.25) is 4.79 Å². The molecule has 1 aliphatic heterocycles. The number of nitrogens with zero attached hydrogens (tertiary/aromatic N) is 3. The van der Waals surface area contributed by atoms with Gasteiger partial charge in [0.2, 0.25) is 11.8 Å². The molecular formula is C23H32FN3O3. The molecule has 3 rings (SSSR count). The van der Waals surface area contributed by atoms with Gasteiger partial charge in [0.1, 0.15) is 11.5 Å². The number of anilines is 1. The molecule has 1 fully saturated rings. The van der Waals surface area contributed by atoms with Crippen molar-refractivity contribution in [3.8, 4) is 11.3 Å². The Bertz CT molecular complexity index is 827. The Labute approximate surface area is 178 Å². The summed E-state index contributed by atoms with van der Waals surface area (Å²) in [7, 11) is 0. The summed E-state index contributed by atoms with van der Waals surface area (Å²) in [6.07, 6.45) is 0.497. The molecule has 0 radical (unpaired) electrons. The first-order valence-corrected chi connectivity index (χ1v) is 10.7. The highest BCUT2D eigenvalue weighted by molar-refractivity contribution is 5.77. The van der Waals surface area contributed by atoms with Crippen molar-refractivity contribution in [2.24, 2.45) is 11.8 Å². The van der Waals surface area contributed by atoms with E-state index < -0.39 is 0 Å². The third-order valence-corrected chi connectivity index (χ3v) is 5.05. The average Bonchev–Trinajstić information content (AvgIpc) is 3.11. The van der Waals surface area contributed by atoms with Crippen LogP contribution in [0.25, 0.3) is 11.3 Å². The van der Waals surface area contributed by atoms with E-state index in [9.17, 15) is 9.18 Å². The molecule has 1 aromatic carbocycles. The van der Waals surface area contributed by atoms with E-state index in [0.717, 1.165) is 11.1 Å². The Balaban J connectivity index is 1.98. The maximum Gasteiger partial charge on any atom is 0.233 e. The van der Waals surface area contributed by atoms with Gasteiger partial charge in [0.25, 0.3) is 0 Å². The van der Waals surface area contributed by atoms with Crippen molar-refractivity contribution in [1.82, 2.24) is 10.1 Å². The highest BCUT2D eigenvalue weighted by Crippen LogP contribution is 2.33. The lowest BCUT2D eigenvalue weighted by atomic mass is 10.0. The summed E-state index contributed by atoms with van der Waals surface area (Å²) >= 11 is 0. The quantitative estimate of drug-likeness (QED) is 0.639. The van der Waals surface area contributed by atoms with E-state index in [1.54, 1.807) is 12.1 Å². The lowest BCUT2D eigenvalue weighted by Crippen LogP contribution is -2.38. The Morgan fingerprint density at radius 1 is 1.13 bits per heavy atom. The van der Waals surface area contributed by atoms with E-state index in [-0.39, 0.29) is 17.6 Å². The fourth-order valence-electron chi connectivity index (χ4n) is 3.66. The lowest BCUT2D eigenvalue weighted by molar-refractivity contribution is -0.133. The largest absolute Gasteiger partial charge is 0.378 e. The smallest absolute Gasteiger partial charge is 0.233 e. The van der Waals surface area contributed by atoms with Crippen molar-refractivity contribution < 1.29 is 18.4 Å². The van der Waals surface area contributed by atoms with Crippen molar-refractivity contribution in [2.45, 2.75) is 40.7 Å². The minimum absolute atomic E-state index is 0.123. The van der Waals surface area contributed by atoms with E-state index in [2.05, 4.69) is 23.9 Å². The summed E-state index contributed by atoms with van der Waals surface area (Å²) in [6, 6.07) is 6.22. The first-order valence-electron chi connectivity index (χ1n) is 10.7. The van der Waals surface area contributed by atoms with E-state index in [4.69, 9.17) is 9.26 Å². The molecule has 2 heterocycles. The van der Waals surface area contributed by atoms with Crippen LogP contribution in [0, 0.1) is 17.7 Å². The normalized spacial score (nSPS) is 14.6. The monoisotopic (exact) mass is 417 g/mol. The van der Waals surface area contributed by atoms with E-state index in [0.29, 0.717) is 63.3 Å². The molecule has 0 aliphatic carbocycles. The Hall–Kier alpha value is -2.41. The van der Waals surface area contributed by atoms with Crippen molar-refractivity contribution in [2.75, 3.05) is 37.7 Å². The van der Waals surface area contributed by atoms with E-state index in [1.165, 1.54) is 12.1 Å². The Morgan fingerprint density at radius 3 is 2.40 bits per heavy atom. The molecule has 0 saturated carbocycles. The van der Waals surface area contributed by atoms with Crippen LogP contribution in [0.3, 0.4) is 0 Å². The second-order valence-electron chi connectivity index (χ2n) is 8.69. The zero-order valence-corrected chi connectivity index (χ0v) is 18.4. The zero-order chi connectivity index (χ0) is 21.7. The molecule has 0 bridgehead atoms. The highest BCUT2D eigenvalue weighted by Gasteiger charge is 2.27. The summed E-state index contributed by atoms with van der Waals surface area (Å²) in [6.45, 7) is 12.0. The predicted octanol–water partition coefficient (Wildman–Crippen LogP) is 4.35. The van der Waals surface area contributed by atoms with Crippen LogP contribution in [0.4, 0.5) is 10.3 Å². The van der Waals surface area contributed by atoms with Gasteiger partial charge in [-0.25, -0.2) is 4.39 Å². The number of carbonyl (C=O) groups is 1. The van der Waals surface area contributed by atoms with Crippen molar-refractivity contribution in [3.05, 3.63) is 35.6 Å². The average molecular weight is 418 g/mol. The van der Waals surface area contributed by atoms with Crippen LogP contribution >= 0.6 is 0 Å². The van der Waals surface area contributed by atoms with Crippen molar-refractivity contribution in [1.29, 1.82) is 0 Å². The van der Waals surface area contributed by atoms with E-state index >= 15 is 0 Å². The predicted molar refractivity (Wildman–Crippen MR) is 115 cm³/mol. The van der Waals surface area contributed by atoms with Crippen LogP contribution in [-0.4, -0.2) is 48.8 Å². The molecule has 30 heavy (non-hydrogen) atoms. The van der Waals surface area contributed by atoms with Gasteiger partial charge in [0.15, 0.2) is 0 Å². The summed E-state index contributed by atoms with van der Waals surface area (Å²) < 4.78 is 24.7. The molecule has 6 nitrogen and oxygen atoms in total. The zero-order valence-electron chi connectivity index (χ0n) is 18.4. The third kappa shape index (κ3) is 5.59. The number of hydrogen-bond donors (Lipinski definition) is 0. The highest BCUT2D eigenvalue weighted by atomic mass is 19.1. The van der Waals surface area contributed by atoms with Gasteiger partial charge in [-0.2, -0.15) is 0 Å². The standard InChI is InChI=1S/C23H32FN3O3/c1-16(2)13-21(28)27(14-17(3)4)15-20-22(18-5-7-19(24)8-6-18)25-30-23(20)26-9-11-29-12-10-26/h5-8,16-17H,9-15H2,1-4H3. The second kappa shape index (κ2) is 10.1. The number of hydrogen-bond acceptors (Lipinski definition) is 5. The number of carbonyl (C=O) groups excluding carboxylic acids is 1. The van der Waals surface area contributed by atoms with Gasteiger partial charge in [0.05, 0.1) is 25.3 Å². The van der Waals surface area contributed by atoms with Crippen LogP contribution in [0.15, 0.2) is 28.8 Å². The van der Waals surface area contributed by atoms with E-state index in [1.807, 2.05) is 18.7 Å². The molecule has 1 aromatic heterocycles. The summed E-state index contributed by atoms with van der Waals surface area (Å²) in [4.78, 5) is 17.0. The maximum atomic E-state index is 13.5. The fourth-order valence-corrected chi connectivity index (χ4v) is 3.66. The number of aromatic nitrogens is 1. The summed E-state index contributed by atoms with van der Waals surface area (Å²) in [5.41, 5.74) is 2.29. The molecule has 0 spiro atoms. The van der Waals surface area contributed by atoms with Gasteiger partial charge < -0.3 is 19.1 Å². The molecule has 0 unspecified atom stereocenters. The number of rotatable bonds is 8. The van der Waals surface area contributed by atoms with Crippen LogP contribution in [0.1, 0.15) is 39.7 Å². The van der Waals surface area contributed by atoms with Crippen LogP contribution in [0.5, 0.6) is 0 Å². The Kier molecular flexibility index (Phi) is 7.48. The fraction of sp³-hybridized carbons (Fsp3) is 0.565. The SMILES string of the molecule is CC(C)CC(=O)N(Cc1c(-c2ccc(F)cc2)noc1N1CCOCC1)CC(C)C. The minimum Gasteiger partial charge on any atom is -0.378 e. The molecule has 1 aliphatic rings. The molecular weight excluding hydrogens is 385 g/mol. The molecule has 0 N–H and O–H groups in total. The molecule has 7 heteroatoms. The minimum atomic E-state index is -0.300. The van der Waals surface area contributed by atoms with Crippen molar-refractivity contribution in [3.63, 3.8) is 0 Å². The van der Waals surface area contributed by atoms with Gasteiger partial charge >= 0.3 is 0 Å². The summed E-state index contributed by atoms with van der Waals surface area (Å²) in [5.74, 6) is 1.11. The second-order valence-corrected chi connectivity index (χ2v) is 8.69. The number of ether oxygens (including phenoxy) is 1. The van der Waals surface area contributed by atoms with Crippen LogP contribution < -0.4 is 4.90 Å². The Morgan fingerprint density at radius 2 is 1.80 bits per heavy atom. The topological polar surface area (TPSA) is 58.8 Å². The van der Waals surface area contributed by atoms with Crippen molar-refractivity contribution >= 4 is 11.8 Å². The number of morpholine rings is 1. The number of amides is 1. The van der Waals surface area contributed by atoms with Gasteiger partial charge in [-0.1, -0.05) is 32.9 Å². The van der Waals surface area contributed by atoms with Gasteiger partial charge in [-0.05, 0) is 36.1 Å². The molecule has 0 atom stereocenters. The number of halogens is 1. The third-order valence-electron chi connectivity index (χ3n) is 5.05. The van der Waals surface area contributed by atoms with Crippen LogP contribution in [0.2, 0.25) is 0 Å². The lowest BCUT2D eigenvalue weighted by Gasteiger charge is -2.29. The number of benzene rings is 1. The molecule has 164 valence electrons. The van der Waals surface area contributed by atoms with Gasteiger partial charge in [0, 0.05) is 31.6 Å². The first-order chi connectivity index (χ1) is 14.3.